The standard InChI is InChI=1S/C27H27BrN2O5/c1-34-26(32)24(17-21-14-8-9-15-22(21)28)29-25(31)23(16-19-10-4-2-5-11-19)30-27(33)35-18-20-12-6-3-7-13-20/h2-15,23-24H,16-18H2,1H3,(H,29,31)(H,30,33)/t23-,24-/m1/s1. The van der Waals surface area contributed by atoms with Crippen LogP contribution in [-0.2, 0) is 38.5 Å². The van der Waals surface area contributed by atoms with Crippen molar-refractivity contribution in [2.45, 2.75) is 31.5 Å². The monoisotopic (exact) mass is 538 g/mol. The first-order chi connectivity index (χ1) is 17.0. The fraction of sp³-hybridized carbons (Fsp3) is 0.222. The summed E-state index contributed by atoms with van der Waals surface area (Å²) in [6, 6.07) is 24.0. The number of amides is 2. The van der Waals surface area contributed by atoms with Gasteiger partial charge in [-0.2, -0.15) is 0 Å². The molecule has 0 aliphatic heterocycles. The van der Waals surface area contributed by atoms with Gasteiger partial charge in [0.05, 0.1) is 7.11 Å². The summed E-state index contributed by atoms with van der Waals surface area (Å²) >= 11 is 3.47. The van der Waals surface area contributed by atoms with Crippen molar-refractivity contribution in [1.29, 1.82) is 0 Å². The average Bonchev–Trinajstić information content (AvgIpc) is 2.88. The third-order valence-electron chi connectivity index (χ3n) is 5.29. The van der Waals surface area contributed by atoms with Crippen LogP contribution in [0.2, 0.25) is 0 Å². The van der Waals surface area contributed by atoms with Gasteiger partial charge >= 0.3 is 12.1 Å². The Morgan fingerprint density at radius 3 is 2.00 bits per heavy atom. The minimum Gasteiger partial charge on any atom is -0.467 e. The summed E-state index contributed by atoms with van der Waals surface area (Å²) in [4.78, 5) is 38.2. The van der Waals surface area contributed by atoms with Crippen molar-refractivity contribution >= 4 is 33.9 Å². The fourth-order valence-corrected chi connectivity index (χ4v) is 3.90. The van der Waals surface area contributed by atoms with Crippen molar-refractivity contribution in [2.24, 2.45) is 0 Å². The summed E-state index contributed by atoms with van der Waals surface area (Å²) in [5.74, 6) is -1.10. The molecule has 0 unspecified atom stereocenters. The third-order valence-corrected chi connectivity index (χ3v) is 6.06. The maximum atomic E-state index is 13.3. The van der Waals surface area contributed by atoms with Gasteiger partial charge in [-0.15, -0.1) is 0 Å². The van der Waals surface area contributed by atoms with Crippen molar-refractivity contribution < 1.29 is 23.9 Å². The number of ether oxygens (including phenoxy) is 2. The Morgan fingerprint density at radius 2 is 1.37 bits per heavy atom. The number of carbonyl (C=O) groups is 3. The molecule has 3 aromatic carbocycles. The quantitative estimate of drug-likeness (QED) is 0.377. The molecule has 2 amide bonds. The average molecular weight is 539 g/mol. The number of benzene rings is 3. The normalized spacial score (nSPS) is 12.2. The Balaban J connectivity index is 1.72. The molecule has 0 aliphatic carbocycles. The predicted molar refractivity (Wildman–Crippen MR) is 135 cm³/mol. The second-order valence-corrected chi connectivity index (χ2v) is 8.68. The number of hydrogen-bond donors (Lipinski definition) is 2. The van der Waals surface area contributed by atoms with E-state index in [1.165, 1.54) is 7.11 Å². The molecule has 0 aliphatic rings. The first kappa shape index (κ1) is 26.0. The van der Waals surface area contributed by atoms with E-state index in [0.29, 0.717) is 0 Å². The lowest BCUT2D eigenvalue weighted by Crippen LogP contribution is -2.53. The molecule has 0 aromatic heterocycles. The van der Waals surface area contributed by atoms with E-state index in [4.69, 9.17) is 9.47 Å². The molecule has 7 nitrogen and oxygen atoms in total. The maximum Gasteiger partial charge on any atom is 0.408 e. The number of carbonyl (C=O) groups excluding carboxylic acids is 3. The highest BCUT2D eigenvalue weighted by molar-refractivity contribution is 9.10. The lowest BCUT2D eigenvalue weighted by molar-refractivity contribution is -0.145. The number of esters is 1. The summed E-state index contributed by atoms with van der Waals surface area (Å²) in [7, 11) is 1.27. The van der Waals surface area contributed by atoms with E-state index in [9.17, 15) is 14.4 Å². The molecule has 3 aromatic rings. The third kappa shape index (κ3) is 8.26. The van der Waals surface area contributed by atoms with Crippen LogP contribution in [0.15, 0.2) is 89.4 Å². The zero-order chi connectivity index (χ0) is 25.0. The highest BCUT2D eigenvalue weighted by Gasteiger charge is 2.28. The van der Waals surface area contributed by atoms with E-state index >= 15 is 0 Å². The topological polar surface area (TPSA) is 93.7 Å². The van der Waals surface area contributed by atoms with Gasteiger partial charge in [-0.1, -0.05) is 94.8 Å². The van der Waals surface area contributed by atoms with Crippen LogP contribution in [0.4, 0.5) is 4.79 Å². The SMILES string of the molecule is COC(=O)[C@@H](Cc1ccccc1Br)NC(=O)[C@@H](Cc1ccccc1)NC(=O)OCc1ccccc1. The van der Waals surface area contributed by atoms with Crippen molar-refractivity contribution in [3.05, 3.63) is 106 Å². The van der Waals surface area contributed by atoms with Crippen molar-refractivity contribution in [2.75, 3.05) is 7.11 Å². The van der Waals surface area contributed by atoms with E-state index in [1.807, 2.05) is 84.9 Å². The smallest absolute Gasteiger partial charge is 0.408 e. The molecule has 0 saturated carbocycles. The van der Waals surface area contributed by atoms with Crippen LogP contribution in [-0.4, -0.2) is 37.2 Å². The minimum absolute atomic E-state index is 0.0686. The highest BCUT2D eigenvalue weighted by Crippen LogP contribution is 2.18. The second-order valence-electron chi connectivity index (χ2n) is 7.83. The molecule has 0 saturated heterocycles. The lowest BCUT2D eigenvalue weighted by Gasteiger charge is -2.22. The van der Waals surface area contributed by atoms with Crippen molar-refractivity contribution in [3.63, 3.8) is 0 Å². The molecule has 3 rings (SSSR count). The Bertz CT molecular complexity index is 1120. The Labute approximate surface area is 213 Å². The number of rotatable bonds is 10. The van der Waals surface area contributed by atoms with Gasteiger partial charge in [0.15, 0.2) is 0 Å². The molecule has 0 heterocycles. The molecule has 35 heavy (non-hydrogen) atoms. The Kier molecular flexibility index (Phi) is 9.86. The summed E-state index contributed by atoms with van der Waals surface area (Å²) in [5, 5.41) is 5.38. The molecular formula is C27H27BrN2O5. The van der Waals surface area contributed by atoms with E-state index in [0.717, 1.165) is 21.2 Å². The summed E-state index contributed by atoms with van der Waals surface area (Å²) in [6.45, 7) is 0.0686. The maximum absolute atomic E-state index is 13.3. The zero-order valence-electron chi connectivity index (χ0n) is 19.3. The van der Waals surface area contributed by atoms with Crippen molar-refractivity contribution in [1.82, 2.24) is 10.6 Å². The minimum atomic E-state index is -0.966. The van der Waals surface area contributed by atoms with Crippen LogP contribution >= 0.6 is 15.9 Å². The predicted octanol–water partition coefficient (Wildman–Crippen LogP) is 4.19. The van der Waals surface area contributed by atoms with Gasteiger partial charge in [0, 0.05) is 17.3 Å². The summed E-state index contributed by atoms with van der Waals surface area (Å²) in [6.07, 6.45) is -0.294. The largest absolute Gasteiger partial charge is 0.467 e. The van der Waals surface area contributed by atoms with Crippen LogP contribution < -0.4 is 10.6 Å². The molecule has 182 valence electrons. The van der Waals surface area contributed by atoms with Gasteiger partial charge in [0.25, 0.3) is 0 Å². The van der Waals surface area contributed by atoms with E-state index in [2.05, 4.69) is 26.6 Å². The molecule has 0 spiro atoms. The van der Waals surface area contributed by atoms with Gasteiger partial charge in [-0.25, -0.2) is 9.59 Å². The first-order valence-corrected chi connectivity index (χ1v) is 11.9. The van der Waals surface area contributed by atoms with E-state index in [-0.39, 0.29) is 19.4 Å². The van der Waals surface area contributed by atoms with Gasteiger partial charge in [-0.3, -0.25) is 4.79 Å². The second kappa shape index (κ2) is 13.3. The van der Waals surface area contributed by atoms with Crippen LogP contribution in [0.25, 0.3) is 0 Å². The highest BCUT2D eigenvalue weighted by atomic mass is 79.9. The van der Waals surface area contributed by atoms with Gasteiger partial charge in [0.2, 0.25) is 5.91 Å². The number of hydrogen-bond acceptors (Lipinski definition) is 5. The first-order valence-electron chi connectivity index (χ1n) is 11.1. The Hall–Kier alpha value is -3.65. The number of methoxy groups -OCH3 is 1. The van der Waals surface area contributed by atoms with Crippen LogP contribution in [0.5, 0.6) is 0 Å². The van der Waals surface area contributed by atoms with E-state index < -0.39 is 30.1 Å². The van der Waals surface area contributed by atoms with E-state index in [1.54, 1.807) is 0 Å². The molecule has 0 bridgehead atoms. The van der Waals surface area contributed by atoms with Gasteiger partial charge in [-0.05, 0) is 22.8 Å². The van der Waals surface area contributed by atoms with Gasteiger partial charge in [0.1, 0.15) is 18.7 Å². The molecule has 2 atom stereocenters. The number of nitrogens with one attached hydrogen (secondary N) is 2. The Morgan fingerprint density at radius 1 is 0.771 bits per heavy atom. The summed E-state index contributed by atoms with van der Waals surface area (Å²) in [5.41, 5.74) is 2.50. The number of alkyl carbamates (subject to hydrolysis) is 1. The van der Waals surface area contributed by atoms with Crippen LogP contribution in [0.3, 0.4) is 0 Å². The summed E-state index contributed by atoms with van der Waals surface area (Å²) < 4.78 is 11.0. The fourth-order valence-electron chi connectivity index (χ4n) is 3.46. The molecular weight excluding hydrogens is 512 g/mol. The molecule has 2 N–H and O–H groups in total. The van der Waals surface area contributed by atoms with Gasteiger partial charge < -0.3 is 20.1 Å². The van der Waals surface area contributed by atoms with Crippen LogP contribution in [0, 0.1) is 0 Å². The van der Waals surface area contributed by atoms with Crippen LogP contribution in [0.1, 0.15) is 16.7 Å². The zero-order valence-corrected chi connectivity index (χ0v) is 20.9. The lowest BCUT2D eigenvalue weighted by atomic mass is 10.0. The molecule has 0 fully saturated rings. The van der Waals surface area contributed by atoms with Crippen molar-refractivity contribution in [3.8, 4) is 0 Å². The molecule has 8 heteroatoms. The molecule has 0 radical (unpaired) electrons. The number of halogens is 1.